The van der Waals surface area contributed by atoms with Gasteiger partial charge in [0.15, 0.2) is 17.5 Å². The smallest absolute Gasteiger partial charge is 0.164 e. The maximum Gasteiger partial charge on any atom is 0.164 e. The number of para-hydroxylation sites is 1. The third-order valence-electron chi connectivity index (χ3n) is 9.40. The Morgan fingerprint density at radius 3 is 1.75 bits per heavy atom. The molecule has 244 valence electrons. The number of halogens is 1. The molecule has 2 heterocycles. The van der Waals surface area contributed by atoms with E-state index < -0.39 is 0 Å². The van der Waals surface area contributed by atoms with Gasteiger partial charge in [0.1, 0.15) is 5.82 Å². The number of benzene rings is 7. The first-order valence-electron chi connectivity index (χ1n) is 17.0. The van der Waals surface area contributed by atoms with Crippen LogP contribution in [-0.2, 0) is 0 Å². The van der Waals surface area contributed by atoms with Gasteiger partial charge in [0.2, 0.25) is 0 Å². The number of rotatable bonds is 6. The fourth-order valence-corrected chi connectivity index (χ4v) is 6.95. The SMILES string of the molecule is N#Cc1ccccc1-c1ccc2c(c1)c1ccccc1n2-c1ccc(-c2ccccc2F)c(-c2nc(-c3ccccc3)nc(-c3ccccc3)n2)c1. The molecule has 52 heavy (non-hydrogen) atoms. The predicted molar refractivity (Wildman–Crippen MR) is 206 cm³/mol. The molecular formula is C46H28FN5. The highest BCUT2D eigenvalue weighted by Gasteiger charge is 2.20. The molecule has 9 rings (SSSR count). The quantitative estimate of drug-likeness (QED) is 0.177. The van der Waals surface area contributed by atoms with E-state index in [0.29, 0.717) is 39.7 Å². The Labute approximate surface area is 299 Å². The minimum atomic E-state index is -0.334. The van der Waals surface area contributed by atoms with Crippen LogP contribution < -0.4 is 0 Å². The summed E-state index contributed by atoms with van der Waals surface area (Å²) in [5.74, 6) is 1.15. The lowest BCUT2D eigenvalue weighted by Gasteiger charge is -2.16. The van der Waals surface area contributed by atoms with E-state index in [1.54, 1.807) is 12.1 Å². The van der Waals surface area contributed by atoms with Gasteiger partial charge in [-0.3, -0.25) is 0 Å². The Balaban J connectivity index is 1.31. The van der Waals surface area contributed by atoms with E-state index >= 15 is 4.39 Å². The van der Waals surface area contributed by atoms with Gasteiger partial charge in [-0.2, -0.15) is 5.26 Å². The fourth-order valence-electron chi connectivity index (χ4n) is 6.95. The van der Waals surface area contributed by atoms with Gasteiger partial charge in [0.05, 0.1) is 22.7 Å². The van der Waals surface area contributed by atoms with E-state index in [1.807, 2.05) is 121 Å². The highest BCUT2D eigenvalue weighted by Crippen LogP contribution is 2.39. The molecule has 0 unspecified atom stereocenters. The third kappa shape index (κ3) is 5.38. The van der Waals surface area contributed by atoms with Crippen LogP contribution in [0.3, 0.4) is 0 Å². The van der Waals surface area contributed by atoms with Gasteiger partial charge in [-0.1, -0.05) is 127 Å². The standard InChI is InChI=1S/C46H28FN5/c47-41-21-11-9-19-37(41)36-25-24-34(28-40(36)46-50-44(30-13-3-1-4-14-30)49-45(51-46)31-15-5-2-6-16-31)52-42-22-12-10-20-38(42)39-27-32(23-26-43(39)52)35-18-8-7-17-33(35)29-48/h1-28H. The molecule has 2 aromatic heterocycles. The number of hydrogen-bond acceptors (Lipinski definition) is 4. The van der Waals surface area contributed by atoms with E-state index in [-0.39, 0.29) is 5.82 Å². The summed E-state index contributed by atoms with van der Waals surface area (Å²) in [4.78, 5) is 15.0. The fraction of sp³-hybridized carbons (Fsp3) is 0. The van der Waals surface area contributed by atoms with Crippen molar-refractivity contribution in [2.24, 2.45) is 0 Å². The minimum absolute atomic E-state index is 0.334. The number of fused-ring (bicyclic) bond motifs is 3. The first-order valence-corrected chi connectivity index (χ1v) is 17.0. The second kappa shape index (κ2) is 12.9. The highest BCUT2D eigenvalue weighted by atomic mass is 19.1. The molecule has 5 nitrogen and oxygen atoms in total. The first-order chi connectivity index (χ1) is 25.7. The van der Waals surface area contributed by atoms with Crippen LogP contribution >= 0.6 is 0 Å². The lowest BCUT2D eigenvalue weighted by Crippen LogP contribution is -2.03. The van der Waals surface area contributed by atoms with Crippen LogP contribution in [0.2, 0.25) is 0 Å². The van der Waals surface area contributed by atoms with Crippen molar-refractivity contribution in [3.63, 3.8) is 0 Å². The zero-order chi connectivity index (χ0) is 35.0. The molecule has 0 spiro atoms. The van der Waals surface area contributed by atoms with Crippen LogP contribution in [0.1, 0.15) is 5.56 Å². The minimum Gasteiger partial charge on any atom is -0.309 e. The highest BCUT2D eigenvalue weighted by molar-refractivity contribution is 6.10. The second-order valence-electron chi connectivity index (χ2n) is 12.5. The lowest BCUT2D eigenvalue weighted by atomic mass is 9.97. The maximum atomic E-state index is 15.6. The van der Waals surface area contributed by atoms with Gasteiger partial charge < -0.3 is 4.57 Å². The summed E-state index contributed by atoms with van der Waals surface area (Å²) in [6.07, 6.45) is 0. The van der Waals surface area contributed by atoms with Crippen molar-refractivity contribution < 1.29 is 4.39 Å². The molecule has 0 aliphatic carbocycles. The summed E-state index contributed by atoms with van der Waals surface area (Å²) in [5.41, 5.74) is 8.85. The van der Waals surface area contributed by atoms with Gasteiger partial charge >= 0.3 is 0 Å². The molecule has 9 aromatic rings. The van der Waals surface area contributed by atoms with E-state index in [4.69, 9.17) is 15.0 Å². The van der Waals surface area contributed by atoms with Gasteiger partial charge in [0.25, 0.3) is 0 Å². The van der Waals surface area contributed by atoms with Crippen molar-refractivity contribution >= 4 is 21.8 Å². The Hall–Kier alpha value is -7.23. The molecule has 0 atom stereocenters. The summed E-state index contributed by atoms with van der Waals surface area (Å²) in [5, 5.41) is 12.0. The molecule has 0 N–H and O–H groups in total. The van der Waals surface area contributed by atoms with Crippen molar-refractivity contribution in [1.82, 2.24) is 19.5 Å². The van der Waals surface area contributed by atoms with Crippen molar-refractivity contribution in [3.05, 3.63) is 181 Å². The summed E-state index contributed by atoms with van der Waals surface area (Å²) in [7, 11) is 0. The van der Waals surface area contributed by atoms with Crippen LogP contribution in [-0.4, -0.2) is 19.5 Å². The van der Waals surface area contributed by atoms with E-state index in [9.17, 15) is 5.26 Å². The van der Waals surface area contributed by atoms with Crippen LogP contribution in [0.15, 0.2) is 170 Å². The van der Waals surface area contributed by atoms with Crippen molar-refractivity contribution in [1.29, 1.82) is 5.26 Å². The van der Waals surface area contributed by atoms with Crippen molar-refractivity contribution in [2.45, 2.75) is 0 Å². The molecule has 0 bridgehead atoms. The number of aromatic nitrogens is 4. The van der Waals surface area contributed by atoms with Crippen molar-refractivity contribution in [2.75, 3.05) is 0 Å². The molecule has 0 saturated carbocycles. The summed E-state index contributed by atoms with van der Waals surface area (Å²) in [6, 6.07) is 57.1. The molecule has 6 heteroatoms. The Kier molecular flexibility index (Phi) is 7.64. The number of nitriles is 1. The Morgan fingerprint density at radius 1 is 0.442 bits per heavy atom. The van der Waals surface area contributed by atoms with Crippen molar-refractivity contribution in [3.8, 4) is 68.2 Å². The summed E-state index contributed by atoms with van der Waals surface area (Å²) < 4.78 is 17.8. The van der Waals surface area contributed by atoms with Gasteiger partial charge in [-0.05, 0) is 59.2 Å². The molecule has 0 saturated heterocycles. The molecule has 0 aliphatic rings. The molecule has 0 aliphatic heterocycles. The Bertz CT molecular complexity index is 2760. The van der Waals surface area contributed by atoms with Crippen LogP contribution in [0.25, 0.3) is 83.9 Å². The number of hydrogen-bond donors (Lipinski definition) is 0. The molecular weight excluding hydrogens is 642 g/mol. The third-order valence-corrected chi connectivity index (χ3v) is 9.40. The lowest BCUT2D eigenvalue weighted by molar-refractivity contribution is 0.631. The molecule has 0 fully saturated rings. The van der Waals surface area contributed by atoms with Crippen LogP contribution in [0.5, 0.6) is 0 Å². The molecule has 0 radical (unpaired) electrons. The zero-order valence-electron chi connectivity index (χ0n) is 27.8. The van der Waals surface area contributed by atoms with Gasteiger partial charge in [-0.15, -0.1) is 0 Å². The average Bonchev–Trinajstić information content (AvgIpc) is 3.55. The molecule has 7 aromatic carbocycles. The zero-order valence-corrected chi connectivity index (χ0v) is 27.8. The molecule has 0 amide bonds. The van der Waals surface area contributed by atoms with Gasteiger partial charge in [-0.25, -0.2) is 19.3 Å². The van der Waals surface area contributed by atoms with Gasteiger partial charge in [0, 0.05) is 38.7 Å². The van der Waals surface area contributed by atoms with E-state index in [2.05, 4.69) is 41.0 Å². The Morgan fingerprint density at radius 2 is 1.04 bits per heavy atom. The monoisotopic (exact) mass is 669 g/mol. The first kappa shape index (κ1) is 30.8. The normalized spacial score (nSPS) is 11.2. The van der Waals surface area contributed by atoms with Crippen LogP contribution in [0, 0.1) is 17.1 Å². The predicted octanol–water partition coefficient (Wildman–Crippen LogP) is 11.3. The van der Waals surface area contributed by atoms with E-state index in [1.165, 1.54) is 6.07 Å². The number of nitrogens with zero attached hydrogens (tertiary/aromatic N) is 5. The second-order valence-corrected chi connectivity index (χ2v) is 12.5. The maximum absolute atomic E-state index is 15.6. The largest absolute Gasteiger partial charge is 0.309 e. The average molecular weight is 670 g/mol. The van der Waals surface area contributed by atoms with E-state index in [0.717, 1.165) is 49.7 Å². The summed E-state index contributed by atoms with van der Waals surface area (Å²) >= 11 is 0. The summed E-state index contributed by atoms with van der Waals surface area (Å²) in [6.45, 7) is 0. The van der Waals surface area contributed by atoms with Crippen LogP contribution in [0.4, 0.5) is 4.39 Å². The topological polar surface area (TPSA) is 67.4 Å².